The molecule has 6 heteroatoms. The van der Waals surface area contributed by atoms with Gasteiger partial charge in [-0.2, -0.15) is 5.10 Å². The normalized spacial score (nSPS) is 13.8. The summed E-state index contributed by atoms with van der Waals surface area (Å²) in [5, 5.41) is 17.2. The van der Waals surface area contributed by atoms with Gasteiger partial charge in [-0.3, -0.25) is 9.48 Å². The van der Waals surface area contributed by atoms with Gasteiger partial charge in [-0.25, -0.2) is 4.39 Å². The first kappa shape index (κ1) is 15.2. The van der Waals surface area contributed by atoms with Crippen LogP contribution in [-0.2, 0) is 12.6 Å². The van der Waals surface area contributed by atoms with Gasteiger partial charge in [-0.1, -0.05) is 12.1 Å². The van der Waals surface area contributed by atoms with Crippen molar-refractivity contribution in [3.63, 3.8) is 0 Å². The van der Waals surface area contributed by atoms with Crippen LogP contribution in [0.25, 0.3) is 0 Å². The van der Waals surface area contributed by atoms with Gasteiger partial charge in [0.1, 0.15) is 11.4 Å². The minimum atomic E-state index is -1.28. The van der Waals surface area contributed by atoms with E-state index in [0.717, 1.165) is 0 Å². The van der Waals surface area contributed by atoms with E-state index in [9.17, 15) is 14.3 Å². The topological polar surface area (TPSA) is 67.2 Å². The summed E-state index contributed by atoms with van der Waals surface area (Å²) in [6.45, 7) is 3.33. The third-order valence-corrected chi connectivity index (χ3v) is 3.32. The molecule has 1 amide bonds. The van der Waals surface area contributed by atoms with E-state index in [-0.39, 0.29) is 18.3 Å². The summed E-state index contributed by atoms with van der Waals surface area (Å²) in [7, 11) is 1.73. The lowest BCUT2D eigenvalue weighted by Crippen LogP contribution is -2.38. The van der Waals surface area contributed by atoms with Crippen LogP contribution in [-0.4, -0.2) is 27.3 Å². The van der Waals surface area contributed by atoms with Crippen molar-refractivity contribution in [2.45, 2.75) is 19.4 Å². The number of amides is 1. The van der Waals surface area contributed by atoms with Gasteiger partial charge in [0.25, 0.3) is 5.91 Å². The van der Waals surface area contributed by atoms with Gasteiger partial charge in [-0.15, -0.1) is 0 Å². The molecule has 2 rings (SSSR count). The maximum atomic E-state index is 12.9. The number of benzene rings is 1. The van der Waals surface area contributed by atoms with Crippen LogP contribution in [0.5, 0.6) is 0 Å². The quantitative estimate of drug-likeness (QED) is 0.897. The second-order valence-corrected chi connectivity index (χ2v) is 5.27. The van der Waals surface area contributed by atoms with Crippen LogP contribution < -0.4 is 5.32 Å². The highest BCUT2D eigenvalue weighted by molar-refractivity contribution is 5.95. The number of carbonyl (C=O) groups is 1. The van der Waals surface area contributed by atoms with Crippen molar-refractivity contribution in [3.8, 4) is 0 Å². The molecule has 1 atom stereocenters. The Morgan fingerprint density at radius 3 is 2.57 bits per heavy atom. The fourth-order valence-electron chi connectivity index (χ4n) is 2.08. The highest BCUT2D eigenvalue weighted by Gasteiger charge is 2.24. The minimum absolute atomic E-state index is 0.0196. The van der Waals surface area contributed by atoms with Crippen LogP contribution in [0.2, 0.25) is 0 Å². The average Bonchev–Trinajstić information content (AvgIpc) is 2.76. The third kappa shape index (κ3) is 3.46. The molecule has 112 valence electrons. The monoisotopic (exact) mass is 291 g/mol. The van der Waals surface area contributed by atoms with Gasteiger partial charge in [0.2, 0.25) is 0 Å². The lowest BCUT2D eigenvalue weighted by molar-refractivity contribution is 0.0525. The SMILES string of the molecule is Cc1nn(C)cc1C(=O)NCC(C)(O)c1ccc(F)cc1. The molecule has 0 aliphatic carbocycles. The highest BCUT2D eigenvalue weighted by atomic mass is 19.1. The van der Waals surface area contributed by atoms with E-state index in [2.05, 4.69) is 10.4 Å². The number of carbonyl (C=O) groups excluding carboxylic acids is 1. The molecule has 1 unspecified atom stereocenters. The fourth-order valence-corrected chi connectivity index (χ4v) is 2.08. The molecule has 5 nitrogen and oxygen atoms in total. The molecule has 1 aromatic heterocycles. The van der Waals surface area contributed by atoms with Crippen molar-refractivity contribution in [2.24, 2.45) is 7.05 Å². The van der Waals surface area contributed by atoms with Crippen LogP contribution in [0, 0.1) is 12.7 Å². The van der Waals surface area contributed by atoms with Crippen LogP contribution >= 0.6 is 0 Å². The second kappa shape index (κ2) is 5.65. The van der Waals surface area contributed by atoms with Crippen molar-refractivity contribution in [1.82, 2.24) is 15.1 Å². The Morgan fingerprint density at radius 1 is 1.43 bits per heavy atom. The van der Waals surface area contributed by atoms with E-state index < -0.39 is 5.60 Å². The first-order valence-electron chi connectivity index (χ1n) is 6.56. The zero-order valence-corrected chi connectivity index (χ0v) is 12.2. The van der Waals surface area contributed by atoms with Crippen molar-refractivity contribution >= 4 is 5.91 Å². The molecule has 1 heterocycles. The van der Waals surface area contributed by atoms with Crippen molar-refractivity contribution in [1.29, 1.82) is 0 Å². The van der Waals surface area contributed by atoms with Crippen molar-refractivity contribution in [2.75, 3.05) is 6.54 Å². The van der Waals surface area contributed by atoms with Gasteiger partial charge in [0.05, 0.1) is 17.8 Å². The Labute approximate surface area is 122 Å². The molecule has 0 fully saturated rings. The maximum Gasteiger partial charge on any atom is 0.254 e. The summed E-state index contributed by atoms with van der Waals surface area (Å²) in [4.78, 5) is 12.1. The smallest absolute Gasteiger partial charge is 0.254 e. The standard InChI is InChI=1S/C15H18FN3O2/c1-10-13(8-19(3)18-10)14(20)17-9-15(2,21)11-4-6-12(16)7-5-11/h4-8,21H,9H2,1-3H3,(H,17,20). The fraction of sp³-hybridized carbons (Fsp3) is 0.333. The highest BCUT2D eigenvalue weighted by Crippen LogP contribution is 2.20. The van der Waals surface area contributed by atoms with E-state index in [4.69, 9.17) is 0 Å². The molecule has 0 aliphatic heterocycles. The third-order valence-electron chi connectivity index (χ3n) is 3.32. The van der Waals surface area contributed by atoms with Gasteiger partial charge >= 0.3 is 0 Å². The molecule has 0 radical (unpaired) electrons. The molecule has 2 aromatic rings. The molecule has 0 aliphatic rings. The largest absolute Gasteiger partial charge is 0.384 e. The lowest BCUT2D eigenvalue weighted by Gasteiger charge is -2.24. The Kier molecular flexibility index (Phi) is 4.09. The summed E-state index contributed by atoms with van der Waals surface area (Å²) in [6, 6.07) is 5.54. The van der Waals surface area contributed by atoms with E-state index in [0.29, 0.717) is 16.8 Å². The van der Waals surface area contributed by atoms with Crippen molar-refractivity contribution < 1.29 is 14.3 Å². The lowest BCUT2D eigenvalue weighted by atomic mass is 9.96. The van der Waals surface area contributed by atoms with Crippen LogP contribution in [0.3, 0.4) is 0 Å². The number of aryl methyl sites for hydroxylation is 2. The van der Waals surface area contributed by atoms with E-state index in [1.165, 1.54) is 24.3 Å². The summed E-state index contributed by atoms with van der Waals surface area (Å²) >= 11 is 0. The predicted octanol–water partition coefficient (Wildman–Crippen LogP) is 1.51. The maximum absolute atomic E-state index is 12.9. The number of hydrogen-bond acceptors (Lipinski definition) is 3. The Morgan fingerprint density at radius 2 is 2.05 bits per heavy atom. The number of nitrogens with one attached hydrogen (secondary N) is 1. The van der Waals surface area contributed by atoms with Gasteiger partial charge in [0.15, 0.2) is 0 Å². The van der Waals surface area contributed by atoms with E-state index >= 15 is 0 Å². The first-order valence-corrected chi connectivity index (χ1v) is 6.56. The summed E-state index contributed by atoms with van der Waals surface area (Å²) in [6.07, 6.45) is 1.62. The summed E-state index contributed by atoms with van der Waals surface area (Å²) in [5.74, 6) is -0.674. The second-order valence-electron chi connectivity index (χ2n) is 5.27. The zero-order valence-electron chi connectivity index (χ0n) is 12.2. The van der Waals surface area contributed by atoms with Gasteiger partial charge < -0.3 is 10.4 Å². The average molecular weight is 291 g/mol. The molecule has 0 saturated carbocycles. The Balaban J connectivity index is 2.06. The van der Waals surface area contributed by atoms with Crippen LogP contribution in [0.1, 0.15) is 28.5 Å². The first-order chi connectivity index (χ1) is 9.79. The Bertz CT molecular complexity index is 647. The Hall–Kier alpha value is -2.21. The van der Waals surface area contributed by atoms with Gasteiger partial charge in [0, 0.05) is 13.2 Å². The molecule has 21 heavy (non-hydrogen) atoms. The molecule has 2 N–H and O–H groups in total. The summed E-state index contributed by atoms with van der Waals surface area (Å²) in [5.41, 5.74) is 0.343. The molecule has 0 spiro atoms. The van der Waals surface area contributed by atoms with Crippen molar-refractivity contribution in [3.05, 3.63) is 53.1 Å². The number of halogens is 1. The minimum Gasteiger partial charge on any atom is -0.384 e. The van der Waals surface area contributed by atoms with Crippen LogP contribution in [0.4, 0.5) is 4.39 Å². The number of hydrogen-bond donors (Lipinski definition) is 2. The van der Waals surface area contributed by atoms with Gasteiger partial charge in [-0.05, 0) is 31.5 Å². The molecular weight excluding hydrogens is 273 g/mol. The molecule has 0 saturated heterocycles. The number of aliphatic hydroxyl groups is 1. The zero-order chi connectivity index (χ0) is 15.6. The molecule has 0 bridgehead atoms. The number of nitrogens with zero attached hydrogens (tertiary/aromatic N) is 2. The number of aromatic nitrogens is 2. The number of rotatable bonds is 4. The predicted molar refractivity (Wildman–Crippen MR) is 76.2 cm³/mol. The summed E-state index contributed by atoms with van der Waals surface area (Å²) < 4.78 is 14.5. The van der Waals surface area contributed by atoms with Crippen LogP contribution in [0.15, 0.2) is 30.5 Å². The molecular formula is C15H18FN3O2. The molecule has 1 aromatic carbocycles. The van der Waals surface area contributed by atoms with E-state index in [1.807, 2.05) is 0 Å². The van der Waals surface area contributed by atoms with E-state index in [1.54, 1.807) is 31.8 Å².